The van der Waals surface area contributed by atoms with E-state index in [4.69, 9.17) is 24.0 Å². The van der Waals surface area contributed by atoms with Crippen LogP contribution in [0.15, 0.2) is 223 Å². The minimum Gasteiger partial charge on any atom is -0.537 e. The number of hydrogen-bond acceptors (Lipinski definition) is 8. The molecule has 12 nitrogen and oxygen atoms in total. The molecular weight excluding hydrogens is 1140 g/mol. The summed E-state index contributed by atoms with van der Waals surface area (Å²) in [7, 11) is 0.564. The Morgan fingerprint density at radius 3 is 1.50 bits per heavy atom. The van der Waals surface area contributed by atoms with E-state index in [0.717, 1.165) is 63.3 Å². The number of esters is 1. The first-order valence-electron chi connectivity index (χ1n) is 28.6. The fourth-order valence-electron chi connectivity index (χ4n) is 9.79. The van der Waals surface area contributed by atoms with E-state index in [1.807, 2.05) is 78.9 Å². The molecule has 2 heterocycles. The average Bonchev–Trinajstić information content (AvgIpc) is 3.81. The van der Waals surface area contributed by atoms with Crippen LogP contribution in [0.5, 0.6) is 5.75 Å². The van der Waals surface area contributed by atoms with Crippen LogP contribution in [0.25, 0.3) is 32.9 Å². The lowest BCUT2D eigenvalue weighted by atomic mass is 9.85. The Hall–Kier alpha value is -9.07. The second-order valence-corrected chi connectivity index (χ2v) is 23.5. The van der Waals surface area contributed by atoms with Crippen molar-refractivity contribution in [1.82, 2.24) is 19.8 Å². The highest BCUT2D eigenvalue weighted by Gasteiger charge is 2.20. The molecule has 3 N–H and O–H groups in total. The Kier molecular flexibility index (Phi) is 23.0. The topological polar surface area (TPSA) is 158 Å². The molecule has 8 aromatic carbocycles. The molecule has 0 saturated carbocycles. The lowest BCUT2D eigenvalue weighted by Gasteiger charge is -2.20. The number of nitrogens with one attached hydrogen (secondary N) is 2. The summed E-state index contributed by atoms with van der Waals surface area (Å²) in [5.41, 5.74) is 12.1. The van der Waals surface area contributed by atoms with E-state index in [2.05, 4.69) is 186 Å². The van der Waals surface area contributed by atoms with Crippen molar-refractivity contribution in [2.75, 3.05) is 0 Å². The molecule has 0 aliphatic heterocycles. The van der Waals surface area contributed by atoms with Crippen LogP contribution in [-0.2, 0) is 32.8 Å². The SMILES string of the molecule is CC(C)(C)OC(=O)c1cccc(O[B]O)c1.CCC(NC(=O)c1ccc2c(ccn2Cc2cccc(-c3cccc(C(C)(C)C)c3)c2)c1)c1ccccc1.CCC(NC(=O)c1ccc2c(ccn2Cc2cccc(Br)c2)c1)c1ccccc1.O=C=O. The summed E-state index contributed by atoms with van der Waals surface area (Å²) < 4.78 is 15.5. The number of benzene rings is 8. The van der Waals surface area contributed by atoms with Crippen molar-refractivity contribution < 1.29 is 38.4 Å². The van der Waals surface area contributed by atoms with Gasteiger partial charge in [0.1, 0.15) is 11.4 Å². The van der Waals surface area contributed by atoms with E-state index >= 15 is 0 Å². The summed E-state index contributed by atoms with van der Waals surface area (Å²) >= 11 is 3.53. The second-order valence-electron chi connectivity index (χ2n) is 22.6. The molecular formula is C72H73BBrN4O8. The summed E-state index contributed by atoms with van der Waals surface area (Å²) in [5, 5.41) is 17.0. The van der Waals surface area contributed by atoms with E-state index < -0.39 is 11.6 Å². The number of rotatable bonds is 16. The number of carbonyl (C=O) groups excluding carboxylic acids is 5. The molecule has 2 amide bonds. The number of fused-ring (bicyclic) bond motifs is 2. The van der Waals surface area contributed by atoms with E-state index in [1.54, 1.807) is 39.0 Å². The largest absolute Gasteiger partial charge is 0.569 e. The standard InChI is InChI=1S/C35H36N2O.C25H23BrN2O.C11H14BO4.CO2/c1-5-32(26-12-7-6-8-13-26)36-34(38)30-17-18-33-29(22-30)19-20-37(33)24-25-11-9-14-27(21-25)28-15-10-16-31(23-28)35(2,3)4;1-2-23(19-8-4-3-5-9-19)27-25(29)21-11-12-24-20(16-21)13-14-28(24)17-18-7-6-10-22(26)15-18;1-11(2,3)15-10(13)8-5-4-6-9(7-8)16-12-14;2-1-3/h6-23,32H,5,24H2,1-4H3,(H,36,38);3-16,23H,2,17H2,1H3,(H,27,29);4-7,14H,1-3H3;. The number of hydrogen-bond donors (Lipinski definition) is 3. The van der Waals surface area contributed by atoms with Crippen molar-refractivity contribution in [2.24, 2.45) is 0 Å². The van der Waals surface area contributed by atoms with Gasteiger partial charge in [0.15, 0.2) is 0 Å². The highest BCUT2D eigenvalue weighted by Crippen LogP contribution is 2.30. The van der Waals surface area contributed by atoms with E-state index in [-0.39, 0.29) is 35.5 Å². The molecule has 86 heavy (non-hydrogen) atoms. The van der Waals surface area contributed by atoms with Gasteiger partial charge in [0.25, 0.3) is 11.8 Å². The number of ether oxygens (including phenoxy) is 1. The van der Waals surface area contributed by atoms with Crippen molar-refractivity contribution in [3.8, 4) is 16.9 Å². The number of carbonyl (C=O) groups is 3. The zero-order chi connectivity index (χ0) is 61.8. The van der Waals surface area contributed by atoms with Crippen molar-refractivity contribution in [3.05, 3.63) is 268 Å². The highest BCUT2D eigenvalue weighted by molar-refractivity contribution is 9.10. The maximum absolute atomic E-state index is 13.1. The molecule has 10 rings (SSSR count). The smallest absolute Gasteiger partial charge is 0.537 e. The molecule has 10 aromatic rings. The van der Waals surface area contributed by atoms with E-state index in [1.165, 1.54) is 33.9 Å². The molecule has 0 bridgehead atoms. The highest BCUT2D eigenvalue weighted by atomic mass is 79.9. The molecule has 0 aliphatic carbocycles. The van der Waals surface area contributed by atoms with Crippen LogP contribution in [0, 0.1) is 0 Å². The Balaban J connectivity index is 0.000000194. The van der Waals surface area contributed by atoms with Crippen LogP contribution in [0.2, 0.25) is 0 Å². The molecule has 14 heteroatoms. The predicted molar refractivity (Wildman–Crippen MR) is 346 cm³/mol. The maximum Gasteiger partial charge on any atom is 0.569 e. The molecule has 2 aromatic heterocycles. The second kappa shape index (κ2) is 30.7. The van der Waals surface area contributed by atoms with Crippen molar-refractivity contribution >= 4 is 69.4 Å². The Morgan fingerprint density at radius 2 is 1.02 bits per heavy atom. The molecule has 0 saturated heterocycles. The van der Waals surface area contributed by atoms with Crippen molar-refractivity contribution in [1.29, 1.82) is 0 Å². The Bertz CT molecular complexity index is 3900. The van der Waals surface area contributed by atoms with Gasteiger partial charge in [-0.3, -0.25) is 9.59 Å². The van der Waals surface area contributed by atoms with Gasteiger partial charge in [-0.2, -0.15) is 9.59 Å². The van der Waals surface area contributed by atoms with Crippen LogP contribution in [0.1, 0.15) is 139 Å². The number of nitrogens with zero attached hydrogens (tertiary/aromatic N) is 2. The molecule has 0 spiro atoms. The number of halogens is 1. The van der Waals surface area contributed by atoms with Crippen LogP contribution in [0.3, 0.4) is 0 Å². The summed E-state index contributed by atoms with van der Waals surface area (Å²) in [6.45, 7) is 17.9. The van der Waals surface area contributed by atoms with Crippen LogP contribution >= 0.6 is 15.9 Å². The molecule has 439 valence electrons. The Labute approximate surface area is 513 Å². The quantitative estimate of drug-likeness (QED) is 0.0637. The fourth-order valence-corrected chi connectivity index (χ4v) is 10.2. The summed E-state index contributed by atoms with van der Waals surface area (Å²) in [6.07, 6.45) is 6.12. The predicted octanol–water partition coefficient (Wildman–Crippen LogP) is 15.8. The third kappa shape index (κ3) is 18.5. The lowest BCUT2D eigenvalue weighted by Crippen LogP contribution is -2.28. The van der Waals surface area contributed by atoms with Gasteiger partial charge >= 0.3 is 19.8 Å². The molecule has 2 atom stereocenters. The van der Waals surface area contributed by atoms with Crippen LogP contribution < -0.4 is 15.3 Å². The van der Waals surface area contributed by atoms with Crippen LogP contribution in [-0.4, -0.2) is 51.4 Å². The van der Waals surface area contributed by atoms with Gasteiger partial charge in [0.05, 0.1) is 17.6 Å². The van der Waals surface area contributed by atoms with Gasteiger partial charge in [-0.1, -0.05) is 172 Å². The van der Waals surface area contributed by atoms with Gasteiger partial charge in [-0.15, -0.1) is 0 Å². The van der Waals surface area contributed by atoms with Crippen molar-refractivity contribution in [3.63, 3.8) is 0 Å². The third-order valence-corrected chi connectivity index (χ3v) is 14.6. The number of amides is 2. The molecule has 0 aliphatic rings. The summed E-state index contributed by atoms with van der Waals surface area (Å²) in [6, 6.07) is 68.7. The van der Waals surface area contributed by atoms with Gasteiger partial charge < -0.3 is 34.2 Å². The minimum atomic E-state index is -0.531. The van der Waals surface area contributed by atoms with Gasteiger partial charge in [0, 0.05) is 62.9 Å². The first-order valence-corrected chi connectivity index (χ1v) is 29.4. The molecule has 1 radical (unpaired) electrons. The molecule has 0 fully saturated rings. The van der Waals surface area contributed by atoms with E-state index in [0.29, 0.717) is 30.1 Å². The monoisotopic (exact) mass is 1210 g/mol. The zero-order valence-corrected chi connectivity index (χ0v) is 51.5. The third-order valence-electron chi connectivity index (χ3n) is 14.1. The molecule has 2 unspecified atom stereocenters. The van der Waals surface area contributed by atoms with Crippen molar-refractivity contribution in [2.45, 2.75) is 104 Å². The fraction of sp³-hybridized carbons (Fsp3) is 0.222. The lowest BCUT2D eigenvalue weighted by molar-refractivity contribution is -0.191. The van der Waals surface area contributed by atoms with Gasteiger partial charge in [0.2, 0.25) is 0 Å². The average molecular weight is 1210 g/mol. The number of aromatic nitrogens is 2. The zero-order valence-electron chi connectivity index (χ0n) is 49.9. The first kappa shape index (κ1) is 64.5. The normalized spacial score (nSPS) is 11.7. The van der Waals surface area contributed by atoms with Crippen LogP contribution in [0.4, 0.5) is 0 Å². The van der Waals surface area contributed by atoms with Gasteiger partial charge in [-0.25, -0.2) is 4.79 Å². The summed E-state index contributed by atoms with van der Waals surface area (Å²) in [4.78, 5) is 53.8. The summed E-state index contributed by atoms with van der Waals surface area (Å²) in [5.74, 6) is -0.121. The minimum absolute atomic E-state index is 0.000337. The van der Waals surface area contributed by atoms with Gasteiger partial charge in [-0.05, 0) is 163 Å². The Morgan fingerprint density at radius 1 is 0.547 bits per heavy atom. The first-order chi connectivity index (χ1) is 41.3. The van der Waals surface area contributed by atoms with E-state index in [9.17, 15) is 14.4 Å². The maximum atomic E-state index is 13.1.